The summed E-state index contributed by atoms with van der Waals surface area (Å²) in [5, 5.41) is 1.82. The summed E-state index contributed by atoms with van der Waals surface area (Å²) in [7, 11) is 0. The Balaban J connectivity index is 1.67. The van der Waals surface area contributed by atoms with Crippen LogP contribution < -0.4 is 4.90 Å². The van der Waals surface area contributed by atoms with Crippen LogP contribution in [-0.2, 0) is 0 Å². The normalized spacial score (nSPS) is 14.9. The molecular weight excluding hydrogens is 355 g/mol. The Labute approximate surface area is 150 Å². The van der Waals surface area contributed by atoms with Crippen LogP contribution in [0.5, 0.6) is 0 Å². The number of carbonyl (C=O) groups excluding carboxylic acids is 1. The molecule has 1 amide bonds. The second-order valence-corrected chi connectivity index (χ2v) is 6.67. The van der Waals surface area contributed by atoms with E-state index >= 15 is 0 Å². The molecule has 0 radical (unpaired) electrons. The molecule has 0 aliphatic carbocycles. The van der Waals surface area contributed by atoms with Crippen molar-refractivity contribution in [2.75, 3.05) is 31.1 Å². The molecule has 0 aromatic heterocycles. The Kier molecular flexibility index (Phi) is 5.00. The van der Waals surface area contributed by atoms with E-state index in [9.17, 15) is 4.79 Å². The summed E-state index contributed by atoms with van der Waals surface area (Å²) in [6.07, 6.45) is 0. The highest BCUT2D eigenvalue weighted by molar-refractivity contribution is 6.36. The van der Waals surface area contributed by atoms with E-state index in [1.807, 2.05) is 17.0 Å². The van der Waals surface area contributed by atoms with Crippen molar-refractivity contribution in [1.29, 1.82) is 0 Å². The quantitative estimate of drug-likeness (QED) is 0.772. The summed E-state index contributed by atoms with van der Waals surface area (Å²) in [6.45, 7) is 2.75. The van der Waals surface area contributed by atoms with E-state index in [-0.39, 0.29) is 5.91 Å². The second kappa shape index (κ2) is 7.00. The lowest BCUT2D eigenvalue weighted by Gasteiger charge is -2.36. The van der Waals surface area contributed by atoms with Crippen LogP contribution in [0.25, 0.3) is 0 Å². The maximum Gasteiger partial charge on any atom is 0.254 e. The van der Waals surface area contributed by atoms with Gasteiger partial charge in [0, 0.05) is 41.8 Å². The molecule has 2 aromatic carbocycles. The predicted molar refractivity (Wildman–Crippen MR) is 96.0 cm³/mol. The lowest BCUT2D eigenvalue weighted by molar-refractivity contribution is 0.0747. The summed E-state index contributed by atoms with van der Waals surface area (Å²) in [5.41, 5.74) is 1.57. The number of benzene rings is 2. The highest BCUT2D eigenvalue weighted by Crippen LogP contribution is 2.29. The van der Waals surface area contributed by atoms with Crippen LogP contribution in [0.2, 0.25) is 15.1 Å². The molecular formula is C17H15Cl3N2O. The van der Waals surface area contributed by atoms with Crippen LogP contribution in [-0.4, -0.2) is 37.0 Å². The van der Waals surface area contributed by atoms with Gasteiger partial charge in [-0.2, -0.15) is 0 Å². The maximum atomic E-state index is 12.5. The number of piperazine rings is 1. The molecule has 1 aliphatic heterocycles. The summed E-state index contributed by atoms with van der Waals surface area (Å²) >= 11 is 18.1. The molecule has 0 bridgehead atoms. The van der Waals surface area contributed by atoms with Gasteiger partial charge >= 0.3 is 0 Å². The molecule has 0 atom stereocenters. The fourth-order valence-corrected chi connectivity index (χ4v) is 3.41. The van der Waals surface area contributed by atoms with E-state index < -0.39 is 0 Å². The van der Waals surface area contributed by atoms with Crippen molar-refractivity contribution in [3.63, 3.8) is 0 Å². The first kappa shape index (κ1) is 16.4. The number of hydrogen-bond acceptors (Lipinski definition) is 2. The minimum Gasteiger partial charge on any atom is -0.367 e. The summed E-state index contributed by atoms with van der Waals surface area (Å²) in [5.74, 6) is 0.00866. The monoisotopic (exact) mass is 368 g/mol. The van der Waals surface area contributed by atoms with Crippen LogP contribution >= 0.6 is 34.8 Å². The van der Waals surface area contributed by atoms with Crippen LogP contribution in [0.4, 0.5) is 5.69 Å². The van der Waals surface area contributed by atoms with E-state index in [4.69, 9.17) is 34.8 Å². The minimum atomic E-state index is 0.00866. The molecule has 2 aromatic rings. The fourth-order valence-electron chi connectivity index (χ4n) is 2.69. The zero-order chi connectivity index (χ0) is 16.4. The Morgan fingerprint density at radius 3 is 2.22 bits per heavy atom. The first-order valence-electron chi connectivity index (χ1n) is 7.29. The van der Waals surface area contributed by atoms with Gasteiger partial charge in [0.25, 0.3) is 5.91 Å². The van der Waals surface area contributed by atoms with Gasteiger partial charge in [0.05, 0.1) is 10.7 Å². The number of anilines is 1. The molecule has 0 N–H and O–H groups in total. The zero-order valence-corrected chi connectivity index (χ0v) is 14.6. The Bertz CT molecular complexity index is 728. The van der Waals surface area contributed by atoms with Crippen LogP contribution in [0.15, 0.2) is 42.5 Å². The molecule has 3 nitrogen and oxygen atoms in total. The summed E-state index contributed by atoms with van der Waals surface area (Å²) < 4.78 is 0. The van der Waals surface area contributed by atoms with Crippen molar-refractivity contribution in [3.05, 3.63) is 63.1 Å². The van der Waals surface area contributed by atoms with Crippen molar-refractivity contribution in [3.8, 4) is 0 Å². The fraction of sp³-hybridized carbons (Fsp3) is 0.235. The topological polar surface area (TPSA) is 23.6 Å². The van der Waals surface area contributed by atoms with Gasteiger partial charge in [-0.15, -0.1) is 0 Å². The molecule has 120 valence electrons. The van der Waals surface area contributed by atoms with Gasteiger partial charge in [0.15, 0.2) is 0 Å². The molecule has 3 rings (SSSR count). The molecule has 0 unspecified atom stereocenters. The van der Waals surface area contributed by atoms with Gasteiger partial charge in [-0.1, -0.05) is 40.9 Å². The maximum absolute atomic E-state index is 12.5. The first-order valence-corrected chi connectivity index (χ1v) is 8.43. The van der Waals surface area contributed by atoms with Gasteiger partial charge in [0.2, 0.25) is 0 Å². The third-order valence-electron chi connectivity index (χ3n) is 3.89. The molecule has 0 saturated carbocycles. The van der Waals surface area contributed by atoms with Gasteiger partial charge in [0.1, 0.15) is 0 Å². The number of amides is 1. The number of hydrogen-bond donors (Lipinski definition) is 0. The Morgan fingerprint density at radius 2 is 1.57 bits per heavy atom. The van der Waals surface area contributed by atoms with Crippen LogP contribution in [0.3, 0.4) is 0 Å². The minimum absolute atomic E-state index is 0.00866. The largest absolute Gasteiger partial charge is 0.367 e. The molecule has 0 spiro atoms. The highest BCUT2D eigenvalue weighted by Gasteiger charge is 2.23. The highest BCUT2D eigenvalue weighted by atomic mass is 35.5. The van der Waals surface area contributed by atoms with Crippen molar-refractivity contribution >= 4 is 46.4 Å². The standard InChI is InChI=1S/C17H15Cl3N2O/c18-13-3-1-2-12(10-13)17(23)22-8-6-21(7-9-22)16-5-4-14(19)11-15(16)20/h1-5,10-11H,6-9H2. The number of nitrogens with zero attached hydrogens (tertiary/aromatic N) is 2. The van der Waals surface area contributed by atoms with E-state index in [0.717, 1.165) is 18.8 Å². The van der Waals surface area contributed by atoms with Gasteiger partial charge in [-0.3, -0.25) is 4.79 Å². The number of rotatable bonds is 2. The third-order valence-corrected chi connectivity index (χ3v) is 4.66. The van der Waals surface area contributed by atoms with Crippen molar-refractivity contribution in [2.45, 2.75) is 0 Å². The van der Waals surface area contributed by atoms with Gasteiger partial charge in [-0.25, -0.2) is 0 Å². The first-order chi connectivity index (χ1) is 11.0. The van der Waals surface area contributed by atoms with E-state index in [1.54, 1.807) is 30.3 Å². The zero-order valence-electron chi connectivity index (χ0n) is 12.3. The molecule has 23 heavy (non-hydrogen) atoms. The average molecular weight is 370 g/mol. The lowest BCUT2D eigenvalue weighted by Crippen LogP contribution is -2.48. The Morgan fingerprint density at radius 1 is 0.870 bits per heavy atom. The van der Waals surface area contributed by atoms with E-state index in [0.29, 0.717) is 33.7 Å². The van der Waals surface area contributed by atoms with Crippen LogP contribution in [0.1, 0.15) is 10.4 Å². The predicted octanol–water partition coefficient (Wildman–Crippen LogP) is 4.61. The summed E-state index contributed by atoms with van der Waals surface area (Å²) in [6, 6.07) is 12.5. The van der Waals surface area contributed by atoms with E-state index in [1.165, 1.54) is 0 Å². The van der Waals surface area contributed by atoms with Gasteiger partial charge in [-0.05, 0) is 36.4 Å². The average Bonchev–Trinajstić information content (AvgIpc) is 2.54. The van der Waals surface area contributed by atoms with Crippen LogP contribution in [0, 0.1) is 0 Å². The molecule has 1 aliphatic rings. The molecule has 1 fully saturated rings. The Hall–Kier alpha value is -1.42. The molecule has 1 heterocycles. The lowest BCUT2D eigenvalue weighted by atomic mass is 10.1. The third kappa shape index (κ3) is 3.74. The molecule has 1 saturated heterocycles. The van der Waals surface area contributed by atoms with Crippen molar-refractivity contribution in [2.24, 2.45) is 0 Å². The SMILES string of the molecule is O=C(c1cccc(Cl)c1)N1CCN(c2ccc(Cl)cc2Cl)CC1. The van der Waals surface area contributed by atoms with Crippen molar-refractivity contribution in [1.82, 2.24) is 4.90 Å². The smallest absolute Gasteiger partial charge is 0.254 e. The van der Waals surface area contributed by atoms with E-state index in [2.05, 4.69) is 4.90 Å². The molecule has 6 heteroatoms. The number of halogens is 3. The van der Waals surface area contributed by atoms with Crippen molar-refractivity contribution < 1.29 is 4.79 Å². The second-order valence-electron chi connectivity index (χ2n) is 5.39. The number of carbonyl (C=O) groups is 1. The van der Waals surface area contributed by atoms with Gasteiger partial charge < -0.3 is 9.80 Å². The summed E-state index contributed by atoms with van der Waals surface area (Å²) in [4.78, 5) is 16.5.